The molecule has 106 valence electrons. The van der Waals surface area contributed by atoms with Gasteiger partial charge in [0.2, 0.25) is 0 Å². The fourth-order valence-corrected chi connectivity index (χ4v) is 3.63. The van der Waals surface area contributed by atoms with E-state index in [-0.39, 0.29) is 11.2 Å². The molecule has 2 unspecified atom stereocenters. The standard InChI is InChI=1S/C16H23ClFN/c1-2-12-4-3-7-16(9-12,11-19)10-13-8-14(17)5-6-15(13)18/h5-6,8,12H,2-4,7,9-11,19H2,1H3. The molecule has 2 rings (SSSR count). The smallest absolute Gasteiger partial charge is 0.126 e. The van der Waals surface area contributed by atoms with E-state index in [1.807, 2.05) is 0 Å². The predicted octanol–water partition coefficient (Wildman–Crippen LogP) is 4.57. The summed E-state index contributed by atoms with van der Waals surface area (Å²) in [4.78, 5) is 0. The van der Waals surface area contributed by atoms with Crippen molar-refractivity contribution < 1.29 is 4.39 Å². The minimum Gasteiger partial charge on any atom is -0.330 e. The van der Waals surface area contributed by atoms with E-state index in [0.717, 1.165) is 24.3 Å². The van der Waals surface area contributed by atoms with Gasteiger partial charge in [-0.25, -0.2) is 4.39 Å². The van der Waals surface area contributed by atoms with Crippen LogP contribution in [0, 0.1) is 17.2 Å². The van der Waals surface area contributed by atoms with Crippen LogP contribution in [0.15, 0.2) is 18.2 Å². The van der Waals surface area contributed by atoms with Gasteiger partial charge in [0.25, 0.3) is 0 Å². The Bertz CT molecular complexity index is 435. The Balaban J connectivity index is 2.20. The van der Waals surface area contributed by atoms with Crippen molar-refractivity contribution in [3.63, 3.8) is 0 Å². The highest BCUT2D eigenvalue weighted by atomic mass is 35.5. The first-order valence-corrected chi connectivity index (χ1v) is 7.60. The first kappa shape index (κ1) is 14.8. The first-order chi connectivity index (χ1) is 9.08. The summed E-state index contributed by atoms with van der Waals surface area (Å²) in [5.41, 5.74) is 6.81. The van der Waals surface area contributed by atoms with Crippen LogP contribution in [0.3, 0.4) is 0 Å². The molecule has 1 nitrogen and oxygen atoms in total. The molecule has 0 aliphatic heterocycles. The van der Waals surface area contributed by atoms with Gasteiger partial charge in [-0.15, -0.1) is 0 Å². The average molecular weight is 284 g/mol. The molecule has 1 fully saturated rings. The van der Waals surface area contributed by atoms with Crippen LogP contribution in [0.25, 0.3) is 0 Å². The molecule has 2 atom stereocenters. The largest absolute Gasteiger partial charge is 0.330 e. The van der Waals surface area contributed by atoms with E-state index in [2.05, 4.69) is 6.92 Å². The van der Waals surface area contributed by atoms with Crippen LogP contribution in [0.5, 0.6) is 0 Å². The molecule has 1 aromatic carbocycles. The molecule has 0 spiro atoms. The third-order valence-corrected chi connectivity index (χ3v) is 4.86. The highest BCUT2D eigenvalue weighted by molar-refractivity contribution is 6.30. The monoisotopic (exact) mass is 283 g/mol. The minimum atomic E-state index is -0.157. The Morgan fingerprint density at radius 2 is 2.26 bits per heavy atom. The number of benzene rings is 1. The van der Waals surface area contributed by atoms with Gasteiger partial charge in [0, 0.05) is 5.02 Å². The predicted molar refractivity (Wildman–Crippen MR) is 78.9 cm³/mol. The lowest BCUT2D eigenvalue weighted by Crippen LogP contribution is -2.38. The van der Waals surface area contributed by atoms with Crippen molar-refractivity contribution in [2.45, 2.75) is 45.4 Å². The van der Waals surface area contributed by atoms with Crippen LogP contribution < -0.4 is 5.73 Å². The molecule has 0 saturated heterocycles. The number of nitrogens with two attached hydrogens (primary N) is 1. The van der Waals surface area contributed by atoms with Crippen molar-refractivity contribution in [2.24, 2.45) is 17.1 Å². The second-order valence-corrected chi connectivity index (χ2v) is 6.42. The molecule has 0 heterocycles. The fourth-order valence-electron chi connectivity index (χ4n) is 3.43. The average Bonchev–Trinajstić information content (AvgIpc) is 2.43. The molecule has 1 aromatic rings. The van der Waals surface area contributed by atoms with E-state index in [4.69, 9.17) is 17.3 Å². The molecule has 1 saturated carbocycles. The number of hydrogen-bond acceptors (Lipinski definition) is 1. The summed E-state index contributed by atoms with van der Waals surface area (Å²) in [7, 11) is 0. The Kier molecular flexibility index (Phi) is 4.86. The van der Waals surface area contributed by atoms with E-state index in [9.17, 15) is 4.39 Å². The maximum Gasteiger partial charge on any atom is 0.126 e. The van der Waals surface area contributed by atoms with Gasteiger partial charge in [-0.3, -0.25) is 0 Å². The molecule has 1 aliphatic rings. The maximum atomic E-state index is 13.9. The van der Waals surface area contributed by atoms with Crippen molar-refractivity contribution in [3.8, 4) is 0 Å². The Morgan fingerprint density at radius 3 is 2.95 bits per heavy atom. The quantitative estimate of drug-likeness (QED) is 0.861. The van der Waals surface area contributed by atoms with Gasteiger partial charge in [0.15, 0.2) is 0 Å². The van der Waals surface area contributed by atoms with Gasteiger partial charge < -0.3 is 5.73 Å². The molecule has 1 aliphatic carbocycles. The number of rotatable bonds is 4. The van der Waals surface area contributed by atoms with Gasteiger partial charge in [-0.05, 0) is 60.9 Å². The first-order valence-electron chi connectivity index (χ1n) is 7.22. The van der Waals surface area contributed by atoms with E-state index < -0.39 is 0 Å². The zero-order valence-corrected chi connectivity index (χ0v) is 12.3. The van der Waals surface area contributed by atoms with Crippen molar-refractivity contribution in [1.29, 1.82) is 0 Å². The third kappa shape index (κ3) is 3.49. The number of hydrogen-bond donors (Lipinski definition) is 1. The summed E-state index contributed by atoms with van der Waals surface area (Å²) in [5.74, 6) is 0.579. The van der Waals surface area contributed by atoms with Crippen molar-refractivity contribution in [1.82, 2.24) is 0 Å². The second-order valence-electron chi connectivity index (χ2n) is 5.99. The molecule has 0 radical (unpaired) electrons. The minimum absolute atomic E-state index is 0.0600. The third-order valence-electron chi connectivity index (χ3n) is 4.62. The van der Waals surface area contributed by atoms with Crippen molar-refractivity contribution in [2.75, 3.05) is 6.54 Å². The lowest BCUT2D eigenvalue weighted by Gasteiger charge is -2.40. The molecular formula is C16H23ClFN. The zero-order chi connectivity index (χ0) is 13.9. The van der Waals surface area contributed by atoms with Crippen LogP contribution in [0.4, 0.5) is 4.39 Å². The van der Waals surface area contributed by atoms with E-state index in [1.54, 1.807) is 12.1 Å². The summed E-state index contributed by atoms with van der Waals surface area (Å²) in [6.45, 7) is 2.87. The normalized spacial score (nSPS) is 27.5. The van der Waals surface area contributed by atoms with E-state index >= 15 is 0 Å². The van der Waals surface area contributed by atoms with Gasteiger partial charge in [-0.1, -0.05) is 37.8 Å². The summed E-state index contributed by atoms with van der Waals surface area (Å²) in [6.07, 6.45) is 6.62. The maximum absolute atomic E-state index is 13.9. The topological polar surface area (TPSA) is 26.0 Å². The molecule has 19 heavy (non-hydrogen) atoms. The summed E-state index contributed by atoms with van der Waals surface area (Å²) in [5, 5.41) is 0.603. The molecule has 0 bridgehead atoms. The lowest BCUT2D eigenvalue weighted by atomic mass is 9.66. The van der Waals surface area contributed by atoms with Gasteiger partial charge in [-0.2, -0.15) is 0 Å². The fraction of sp³-hybridized carbons (Fsp3) is 0.625. The molecule has 3 heteroatoms. The van der Waals surface area contributed by atoms with Crippen molar-refractivity contribution in [3.05, 3.63) is 34.6 Å². The summed E-state index contributed by atoms with van der Waals surface area (Å²) in [6, 6.07) is 4.82. The highest BCUT2D eigenvalue weighted by Gasteiger charge is 2.35. The number of halogens is 2. The van der Waals surface area contributed by atoms with Crippen LogP contribution in [-0.2, 0) is 6.42 Å². The SMILES string of the molecule is CCC1CCCC(CN)(Cc2cc(Cl)ccc2F)C1. The van der Waals surface area contributed by atoms with E-state index in [0.29, 0.717) is 18.0 Å². The molecule has 0 amide bonds. The van der Waals surface area contributed by atoms with Crippen LogP contribution in [0.2, 0.25) is 5.02 Å². The lowest BCUT2D eigenvalue weighted by molar-refractivity contribution is 0.141. The zero-order valence-electron chi connectivity index (χ0n) is 11.6. The Hall–Kier alpha value is -0.600. The Morgan fingerprint density at radius 1 is 1.47 bits per heavy atom. The molecule has 2 N–H and O–H groups in total. The summed E-state index contributed by atoms with van der Waals surface area (Å²) < 4.78 is 13.9. The van der Waals surface area contributed by atoms with Gasteiger partial charge in [0.1, 0.15) is 5.82 Å². The Labute approximate surface area is 120 Å². The highest BCUT2D eigenvalue weighted by Crippen LogP contribution is 2.42. The van der Waals surface area contributed by atoms with Gasteiger partial charge >= 0.3 is 0 Å². The van der Waals surface area contributed by atoms with Crippen molar-refractivity contribution >= 4 is 11.6 Å². The van der Waals surface area contributed by atoms with Crippen LogP contribution in [0.1, 0.15) is 44.6 Å². The summed E-state index contributed by atoms with van der Waals surface area (Å²) >= 11 is 5.98. The van der Waals surface area contributed by atoms with E-state index in [1.165, 1.54) is 25.3 Å². The van der Waals surface area contributed by atoms with Crippen LogP contribution >= 0.6 is 11.6 Å². The van der Waals surface area contributed by atoms with Gasteiger partial charge in [0.05, 0.1) is 0 Å². The molecular weight excluding hydrogens is 261 g/mol. The van der Waals surface area contributed by atoms with Crippen LogP contribution in [-0.4, -0.2) is 6.54 Å². The second kappa shape index (κ2) is 6.23. The molecule has 0 aromatic heterocycles.